The first-order chi connectivity index (χ1) is 9.61. The Hall–Kier alpha value is -1.10. The zero-order valence-corrected chi connectivity index (χ0v) is 12.2. The van der Waals surface area contributed by atoms with Crippen molar-refractivity contribution in [3.8, 4) is 0 Å². The monoisotopic (exact) mass is 282 g/mol. The van der Waals surface area contributed by atoms with Crippen LogP contribution in [-0.4, -0.2) is 36.1 Å². The highest BCUT2D eigenvalue weighted by molar-refractivity contribution is 5.85. The summed E-state index contributed by atoms with van der Waals surface area (Å²) in [4.78, 5) is 23.4. The van der Waals surface area contributed by atoms with E-state index in [0.717, 1.165) is 25.8 Å². The fourth-order valence-electron chi connectivity index (χ4n) is 3.06. The molecule has 0 spiro atoms. The molecule has 0 bridgehead atoms. The van der Waals surface area contributed by atoms with Crippen LogP contribution in [-0.2, 0) is 9.59 Å². The average Bonchev–Trinajstić information content (AvgIpc) is 3.14. The molecule has 3 atom stereocenters. The second-order valence-corrected chi connectivity index (χ2v) is 6.17. The van der Waals surface area contributed by atoms with Crippen molar-refractivity contribution in [3.05, 3.63) is 0 Å². The van der Waals surface area contributed by atoms with Crippen LogP contribution < -0.4 is 10.6 Å². The highest BCUT2D eigenvalue weighted by Gasteiger charge is 2.41. The van der Waals surface area contributed by atoms with Crippen molar-refractivity contribution >= 4 is 11.9 Å². The summed E-state index contributed by atoms with van der Waals surface area (Å²) in [6, 6.07) is 0.697. The van der Waals surface area contributed by atoms with E-state index in [4.69, 9.17) is 0 Å². The molecule has 0 aromatic rings. The Kier molecular flexibility index (Phi) is 5.40. The molecule has 1 unspecified atom stereocenters. The lowest BCUT2D eigenvalue weighted by atomic mass is 9.95. The zero-order chi connectivity index (χ0) is 14.5. The first-order valence-electron chi connectivity index (χ1n) is 7.85. The van der Waals surface area contributed by atoms with Gasteiger partial charge in [0.2, 0.25) is 5.91 Å². The summed E-state index contributed by atoms with van der Waals surface area (Å²) in [7, 11) is 0. The van der Waals surface area contributed by atoms with Crippen molar-refractivity contribution < 1.29 is 14.7 Å². The fraction of sp³-hybridized carbons (Fsp3) is 0.867. The van der Waals surface area contributed by atoms with Crippen LogP contribution in [0.1, 0.15) is 45.4 Å². The highest BCUT2D eigenvalue weighted by Crippen LogP contribution is 2.38. The van der Waals surface area contributed by atoms with Gasteiger partial charge >= 0.3 is 5.97 Å². The van der Waals surface area contributed by atoms with Gasteiger partial charge in [0.05, 0.1) is 11.8 Å². The summed E-state index contributed by atoms with van der Waals surface area (Å²) in [6.45, 7) is 3.63. The third-order valence-electron chi connectivity index (χ3n) is 4.55. The molecule has 1 amide bonds. The summed E-state index contributed by atoms with van der Waals surface area (Å²) in [5.41, 5.74) is 0. The Balaban J connectivity index is 1.70. The number of carboxylic acid groups (broad SMARTS) is 1. The van der Waals surface area contributed by atoms with E-state index in [-0.39, 0.29) is 11.8 Å². The Labute approximate surface area is 120 Å². The molecule has 0 aromatic carbocycles. The number of carbonyl (C=O) groups excluding carboxylic acids is 1. The normalized spacial score (nSPS) is 29.4. The van der Waals surface area contributed by atoms with Gasteiger partial charge in [0.25, 0.3) is 0 Å². The number of aliphatic carboxylic acids is 1. The van der Waals surface area contributed by atoms with E-state index in [1.54, 1.807) is 0 Å². The van der Waals surface area contributed by atoms with E-state index in [1.165, 1.54) is 12.8 Å². The summed E-state index contributed by atoms with van der Waals surface area (Å²) in [5, 5.41) is 15.5. The lowest BCUT2D eigenvalue weighted by Gasteiger charge is -2.15. The second kappa shape index (κ2) is 7.07. The minimum absolute atomic E-state index is 0.0697. The molecule has 0 saturated heterocycles. The SMILES string of the molecule is CCC1C[C@H](C(=O)NCCCNC2CC2)[C@H](C(=O)O)C1. The lowest BCUT2D eigenvalue weighted by Crippen LogP contribution is -2.36. The van der Waals surface area contributed by atoms with Crippen molar-refractivity contribution in [2.75, 3.05) is 13.1 Å². The number of nitrogens with one attached hydrogen (secondary N) is 2. The number of amides is 1. The highest BCUT2D eigenvalue weighted by atomic mass is 16.4. The molecule has 0 radical (unpaired) electrons. The quantitative estimate of drug-likeness (QED) is 0.588. The molecule has 2 aliphatic rings. The molecule has 0 aliphatic heterocycles. The summed E-state index contributed by atoms with van der Waals surface area (Å²) >= 11 is 0. The molecule has 0 aromatic heterocycles. The molecule has 5 nitrogen and oxygen atoms in total. The summed E-state index contributed by atoms with van der Waals surface area (Å²) < 4.78 is 0. The van der Waals surface area contributed by atoms with Crippen LogP contribution in [0.15, 0.2) is 0 Å². The Morgan fingerprint density at radius 1 is 1.15 bits per heavy atom. The number of carboxylic acids is 1. The van der Waals surface area contributed by atoms with Gasteiger partial charge in [-0.15, -0.1) is 0 Å². The van der Waals surface area contributed by atoms with Crippen LogP contribution >= 0.6 is 0 Å². The van der Waals surface area contributed by atoms with Gasteiger partial charge in [-0.3, -0.25) is 9.59 Å². The van der Waals surface area contributed by atoms with Gasteiger partial charge in [0, 0.05) is 12.6 Å². The second-order valence-electron chi connectivity index (χ2n) is 6.17. The fourth-order valence-corrected chi connectivity index (χ4v) is 3.06. The van der Waals surface area contributed by atoms with E-state index < -0.39 is 11.9 Å². The van der Waals surface area contributed by atoms with Gasteiger partial charge in [0.15, 0.2) is 0 Å². The topological polar surface area (TPSA) is 78.4 Å². The lowest BCUT2D eigenvalue weighted by molar-refractivity contribution is -0.146. The van der Waals surface area contributed by atoms with Crippen molar-refractivity contribution in [2.45, 2.75) is 51.5 Å². The van der Waals surface area contributed by atoms with Crippen molar-refractivity contribution in [3.63, 3.8) is 0 Å². The molecule has 2 fully saturated rings. The number of carbonyl (C=O) groups is 2. The predicted molar refractivity (Wildman–Crippen MR) is 76.3 cm³/mol. The van der Waals surface area contributed by atoms with E-state index in [1.807, 2.05) is 0 Å². The smallest absolute Gasteiger partial charge is 0.307 e. The van der Waals surface area contributed by atoms with Gasteiger partial charge < -0.3 is 15.7 Å². The van der Waals surface area contributed by atoms with Crippen molar-refractivity contribution in [2.24, 2.45) is 17.8 Å². The zero-order valence-electron chi connectivity index (χ0n) is 12.2. The molecule has 114 valence electrons. The molecule has 2 saturated carbocycles. The molecule has 5 heteroatoms. The minimum atomic E-state index is -0.823. The number of hydrogen-bond donors (Lipinski definition) is 3. The van der Waals surface area contributed by atoms with Gasteiger partial charge in [-0.1, -0.05) is 13.3 Å². The van der Waals surface area contributed by atoms with Crippen LogP contribution in [0.3, 0.4) is 0 Å². The standard InChI is InChI=1S/C15H26N2O3/c1-2-10-8-12(13(9-10)15(19)20)14(18)17-7-3-6-16-11-4-5-11/h10-13,16H,2-9H2,1H3,(H,17,18)(H,19,20)/t10?,12-,13+/m0/s1. The van der Waals surface area contributed by atoms with Gasteiger partial charge in [-0.25, -0.2) is 0 Å². The Morgan fingerprint density at radius 3 is 2.45 bits per heavy atom. The van der Waals surface area contributed by atoms with E-state index >= 15 is 0 Å². The third kappa shape index (κ3) is 4.20. The average molecular weight is 282 g/mol. The number of rotatable bonds is 8. The van der Waals surface area contributed by atoms with Crippen LogP contribution in [0.4, 0.5) is 0 Å². The van der Waals surface area contributed by atoms with Crippen LogP contribution in [0.25, 0.3) is 0 Å². The molecular weight excluding hydrogens is 256 g/mol. The van der Waals surface area contributed by atoms with Crippen molar-refractivity contribution in [1.82, 2.24) is 10.6 Å². The maximum atomic E-state index is 12.1. The van der Waals surface area contributed by atoms with E-state index in [9.17, 15) is 14.7 Å². The molecule has 0 heterocycles. The number of hydrogen-bond acceptors (Lipinski definition) is 3. The van der Waals surface area contributed by atoms with Crippen molar-refractivity contribution in [1.29, 1.82) is 0 Å². The maximum Gasteiger partial charge on any atom is 0.307 e. The molecule has 3 N–H and O–H groups in total. The maximum absolute atomic E-state index is 12.1. The van der Waals surface area contributed by atoms with Gasteiger partial charge in [-0.05, 0) is 44.6 Å². The first-order valence-corrected chi connectivity index (χ1v) is 7.85. The van der Waals surface area contributed by atoms with Crippen LogP contribution in [0.2, 0.25) is 0 Å². The summed E-state index contributed by atoms with van der Waals surface area (Å²) in [5.74, 6) is -1.35. The third-order valence-corrected chi connectivity index (χ3v) is 4.55. The molecular formula is C15H26N2O3. The largest absolute Gasteiger partial charge is 0.481 e. The van der Waals surface area contributed by atoms with E-state index in [2.05, 4.69) is 17.6 Å². The van der Waals surface area contributed by atoms with Gasteiger partial charge in [0.1, 0.15) is 0 Å². The molecule has 2 rings (SSSR count). The minimum Gasteiger partial charge on any atom is -0.481 e. The van der Waals surface area contributed by atoms with Crippen LogP contribution in [0.5, 0.6) is 0 Å². The van der Waals surface area contributed by atoms with Crippen LogP contribution in [0, 0.1) is 17.8 Å². The van der Waals surface area contributed by atoms with E-state index in [0.29, 0.717) is 24.9 Å². The first kappa shape index (κ1) is 15.3. The summed E-state index contributed by atoms with van der Waals surface area (Å²) in [6.07, 6.45) is 5.77. The predicted octanol–water partition coefficient (Wildman–Crippen LogP) is 1.38. The molecule has 20 heavy (non-hydrogen) atoms. The van der Waals surface area contributed by atoms with Gasteiger partial charge in [-0.2, -0.15) is 0 Å². The Morgan fingerprint density at radius 2 is 1.85 bits per heavy atom. The molecule has 2 aliphatic carbocycles. The Bertz CT molecular complexity index is 355.